The van der Waals surface area contributed by atoms with E-state index in [1.54, 1.807) is 12.1 Å². The highest BCUT2D eigenvalue weighted by atomic mass is 16.2. The zero-order valence-corrected chi connectivity index (χ0v) is 12.5. The van der Waals surface area contributed by atoms with Crippen LogP contribution in [0.4, 0.5) is 4.79 Å². The van der Waals surface area contributed by atoms with Crippen molar-refractivity contribution in [2.45, 2.75) is 26.2 Å². The Labute approximate surface area is 125 Å². The van der Waals surface area contributed by atoms with Crippen molar-refractivity contribution in [3.05, 3.63) is 35.4 Å². The Bertz CT molecular complexity index is 508. The minimum absolute atomic E-state index is 0.00737. The first-order valence-corrected chi connectivity index (χ1v) is 7.48. The van der Waals surface area contributed by atoms with Gasteiger partial charge in [0.1, 0.15) is 0 Å². The Morgan fingerprint density at radius 3 is 2.71 bits per heavy atom. The summed E-state index contributed by atoms with van der Waals surface area (Å²) in [6.07, 6.45) is 2.85. The molecule has 1 aliphatic heterocycles. The molecule has 0 radical (unpaired) electrons. The summed E-state index contributed by atoms with van der Waals surface area (Å²) < 4.78 is 0. The molecule has 1 saturated heterocycles. The Morgan fingerprint density at radius 2 is 2.05 bits per heavy atom. The molecule has 0 spiro atoms. The zero-order chi connectivity index (χ0) is 15.2. The summed E-state index contributed by atoms with van der Waals surface area (Å²) in [7, 11) is 0. The Hall–Kier alpha value is -2.04. The molecule has 1 aromatic carbocycles. The van der Waals surface area contributed by atoms with Gasteiger partial charge in [0.15, 0.2) is 0 Å². The fraction of sp³-hybridized carbons (Fsp3) is 0.500. The standard InChI is InChI=1S/C16H23N3O2/c1-12-6-9-19(10-7-12)16(21)18-8-5-13-3-2-4-14(11-13)15(17)20/h2-4,11-12H,5-10H2,1H3,(H2,17,20)(H,18,21). The molecule has 0 bridgehead atoms. The van der Waals surface area contributed by atoms with Gasteiger partial charge in [0.2, 0.25) is 5.91 Å². The highest BCUT2D eigenvalue weighted by molar-refractivity contribution is 5.92. The smallest absolute Gasteiger partial charge is 0.317 e. The van der Waals surface area contributed by atoms with E-state index in [1.807, 2.05) is 17.0 Å². The van der Waals surface area contributed by atoms with Crippen LogP contribution in [0.25, 0.3) is 0 Å². The number of rotatable bonds is 4. The topological polar surface area (TPSA) is 75.4 Å². The molecule has 21 heavy (non-hydrogen) atoms. The number of hydrogen-bond donors (Lipinski definition) is 2. The number of carbonyl (C=O) groups excluding carboxylic acids is 2. The first-order chi connectivity index (χ1) is 10.1. The fourth-order valence-corrected chi connectivity index (χ4v) is 2.52. The summed E-state index contributed by atoms with van der Waals surface area (Å²) in [5.74, 6) is 0.286. The van der Waals surface area contributed by atoms with E-state index in [2.05, 4.69) is 12.2 Å². The van der Waals surface area contributed by atoms with E-state index in [1.165, 1.54) is 0 Å². The van der Waals surface area contributed by atoms with Gasteiger partial charge in [-0.05, 0) is 42.9 Å². The van der Waals surface area contributed by atoms with Gasteiger partial charge < -0.3 is 16.0 Å². The monoisotopic (exact) mass is 289 g/mol. The number of benzene rings is 1. The van der Waals surface area contributed by atoms with Crippen molar-refractivity contribution in [2.24, 2.45) is 11.7 Å². The molecule has 0 aliphatic carbocycles. The van der Waals surface area contributed by atoms with Crippen molar-refractivity contribution in [1.82, 2.24) is 10.2 Å². The quantitative estimate of drug-likeness (QED) is 0.886. The lowest BCUT2D eigenvalue weighted by Gasteiger charge is -2.30. The molecule has 1 aliphatic rings. The van der Waals surface area contributed by atoms with Crippen molar-refractivity contribution in [3.63, 3.8) is 0 Å². The van der Waals surface area contributed by atoms with Crippen molar-refractivity contribution >= 4 is 11.9 Å². The molecule has 5 nitrogen and oxygen atoms in total. The van der Waals surface area contributed by atoms with E-state index in [0.717, 1.165) is 31.5 Å². The third-order valence-electron chi connectivity index (χ3n) is 3.97. The number of hydrogen-bond acceptors (Lipinski definition) is 2. The molecule has 1 heterocycles. The zero-order valence-electron chi connectivity index (χ0n) is 12.5. The van der Waals surface area contributed by atoms with Crippen molar-refractivity contribution < 1.29 is 9.59 Å². The van der Waals surface area contributed by atoms with E-state index in [-0.39, 0.29) is 6.03 Å². The predicted octanol–water partition coefficient (Wildman–Crippen LogP) is 1.77. The number of amides is 3. The SMILES string of the molecule is CC1CCN(C(=O)NCCc2cccc(C(N)=O)c2)CC1. The van der Waals surface area contributed by atoms with Gasteiger partial charge >= 0.3 is 6.03 Å². The molecule has 2 rings (SSSR count). The molecule has 114 valence electrons. The predicted molar refractivity (Wildman–Crippen MR) is 82.0 cm³/mol. The number of nitrogens with zero attached hydrogens (tertiary/aromatic N) is 1. The number of nitrogens with two attached hydrogens (primary N) is 1. The average molecular weight is 289 g/mol. The Balaban J connectivity index is 1.77. The first-order valence-electron chi connectivity index (χ1n) is 7.48. The van der Waals surface area contributed by atoms with Crippen LogP contribution in [0.2, 0.25) is 0 Å². The van der Waals surface area contributed by atoms with Gasteiger partial charge in [-0.15, -0.1) is 0 Å². The number of nitrogens with one attached hydrogen (secondary N) is 1. The normalized spacial score (nSPS) is 15.8. The van der Waals surface area contributed by atoms with Gasteiger partial charge in [-0.2, -0.15) is 0 Å². The summed E-state index contributed by atoms with van der Waals surface area (Å²) >= 11 is 0. The van der Waals surface area contributed by atoms with E-state index < -0.39 is 5.91 Å². The molecule has 3 N–H and O–H groups in total. The molecule has 0 unspecified atom stereocenters. The lowest BCUT2D eigenvalue weighted by Crippen LogP contribution is -2.44. The maximum atomic E-state index is 12.0. The summed E-state index contributed by atoms with van der Waals surface area (Å²) in [5, 5.41) is 2.94. The number of likely N-dealkylation sites (tertiary alicyclic amines) is 1. The molecule has 0 atom stereocenters. The van der Waals surface area contributed by atoms with Crippen LogP contribution in [0.1, 0.15) is 35.7 Å². The maximum Gasteiger partial charge on any atom is 0.317 e. The van der Waals surface area contributed by atoms with E-state index in [0.29, 0.717) is 24.4 Å². The second-order valence-corrected chi connectivity index (χ2v) is 5.72. The maximum absolute atomic E-state index is 12.0. The van der Waals surface area contributed by atoms with E-state index in [9.17, 15) is 9.59 Å². The number of urea groups is 1. The Morgan fingerprint density at radius 1 is 1.33 bits per heavy atom. The number of carbonyl (C=O) groups is 2. The molecule has 3 amide bonds. The van der Waals surface area contributed by atoms with Gasteiger partial charge in [0.05, 0.1) is 0 Å². The largest absolute Gasteiger partial charge is 0.366 e. The second kappa shape index (κ2) is 7.11. The van der Waals surface area contributed by atoms with E-state index >= 15 is 0 Å². The molecule has 1 aromatic rings. The Kier molecular flexibility index (Phi) is 5.20. The molecule has 0 saturated carbocycles. The summed E-state index contributed by atoms with van der Waals surface area (Å²) in [6, 6.07) is 7.22. The fourth-order valence-electron chi connectivity index (χ4n) is 2.52. The molecule has 1 fully saturated rings. The lowest BCUT2D eigenvalue weighted by molar-refractivity contribution is 0.1000. The van der Waals surface area contributed by atoms with Crippen LogP contribution in [-0.2, 0) is 6.42 Å². The molecule has 0 aromatic heterocycles. The highest BCUT2D eigenvalue weighted by Crippen LogP contribution is 2.15. The van der Waals surface area contributed by atoms with Gasteiger partial charge in [-0.1, -0.05) is 19.1 Å². The van der Waals surface area contributed by atoms with Crippen LogP contribution < -0.4 is 11.1 Å². The van der Waals surface area contributed by atoms with Gasteiger partial charge in [-0.3, -0.25) is 4.79 Å². The second-order valence-electron chi connectivity index (χ2n) is 5.72. The highest BCUT2D eigenvalue weighted by Gasteiger charge is 2.19. The van der Waals surface area contributed by atoms with Crippen LogP contribution in [0.3, 0.4) is 0 Å². The first kappa shape index (κ1) is 15.4. The lowest BCUT2D eigenvalue weighted by atomic mass is 10.00. The third kappa shape index (κ3) is 4.48. The van der Waals surface area contributed by atoms with Gasteiger partial charge in [0.25, 0.3) is 0 Å². The van der Waals surface area contributed by atoms with Crippen LogP contribution in [-0.4, -0.2) is 36.5 Å². The average Bonchev–Trinajstić information content (AvgIpc) is 2.48. The molecule has 5 heteroatoms. The number of piperidine rings is 1. The van der Waals surface area contributed by atoms with Gasteiger partial charge in [0, 0.05) is 25.2 Å². The van der Waals surface area contributed by atoms with Crippen LogP contribution in [0.15, 0.2) is 24.3 Å². The van der Waals surface area contributed by atoms with Crippen molar-refractivity contribution in [1.29, 1.82) is 0 Å². The minimum Gasteiger partial charge on any atom is -0.366 e. The van der Waals surface area contributed by atoms with E-state index in [4.69, 9.17) is 5.73 Å². The molecular weight excluding hydrogens is 266 g/mol. The molecular formula is C16H23N3O2. The van der Waals surface area contributed by atoms with Crippen molar-refractivity contribution in [2.75, 3.05) is 19.6 Å². The third-order valence-corrected chi connectivity index (χ3v) is 3.97. The summed E-state index contributed by atoms with van der Waals surface area (Å²) in [6.45, 7) is 4.46. The summed E-state index contributed by atoms with van der Waals surface area (Å²) in [5.41, 5.74) is 6.76. The van der Waals surface area contributed by atoms with Crippen molar-refractivity contribution in [3.8, 4) is 0 Å². The van der Waals surface area contributed by atoms with Crippen LogP contribution in [0, 0.1) is 5.92 Å². The number of primary amides is 1. The van der Waals surface area contributed by atoms with Crippen LogP contribution in [0.5, 0.6) is 0 Å². The van der Waals surface area contributed by atoms with Crippen LogP contribution >= 0.6 is 0 Å². The van der Waals surface area contributed by atoms with Gasteiger partial charge in [-0.25, -0.2) is 4.79 Å². The summed E-state index contributed by atoms with van der Waals surface area (Å²) in [4.78, 5) is 25.0. The minimum atomic E-state index is -0.427.